The number of methoxy groups -OCH3 is 2. The normalized spacial score (nSPS) is 13.4. The van der Waals surface area contributed by atoms with Gasteiger partial charge in [-0.15, -0.1) is 0 Å². The van der Waals surface area contributed by atoms with Crippen LogP contribution in [0.25, 0.3) is 22.1 Å². The number of aliphatic hydroxyl groups excluding tert-OH is 1. The number of hydrogen-bond acceptors (Lipinski definition) is 7. The second kappa shape index (κ2) is 7.05. The van der Waals surface area contributed by atoms with E-state index in [0.29, 0.717) is 33.2 Å². The summed E-state index contributed by atoms with van der Waals surface area (Å²) in [6.45, 7) is 1.58. The van der Waals surface area contributed by atoms with Crippen molar-refractivity contribution in [3.05, 3.63) is 47.5 Å². The lowest BCUT2D eigenvalue weighted by atomic mass is 9.96. The van der Waals surface area contributed by atoms with Crippen LogP contribution in [0.4, 0.5) is 0 Å². The van der Waals surface area contributed by atoms with Crippen LogP contribution in [0, 0.1) is 5.92 Å². The summed E-state index contributed by atoms with van der Waals surface area (Å²) in [7, 11) is 2.58. The molecule has 0 spiro atoms. The van der Waals surface area contributed by atoms with Crippen LogP contribution in [0.2, 0.25) is 0 Å². The van der Waals surface area contributed by atoms with Gasteiger partial charge in [0.1, 0.15) is 5.52 Å². The van der Waals surface area contributed by atoms with Crippen molar-refractivity contribution in [3.8, 4) is 0 Å². The van der Waals surface area contributed by atoms with E-state index in [1.807, 2.05) is 0 Å². The average molecular weight is 354 g/mol. The Kier molecular flexibility index (Phi) is 4.81. The van der Waals surface area contributed by atoms with E-state index in [1.165, 1.54) is 14.2 Å². The number of hydrogen-bond donors (Lipinski definition) is 1. The molecule has 1 N–H and O–H groups in total. The Balaban J connectivity index is 2.21. The van der Waals surface area contributed by atoms with Crippen molar-refractivity contribution in [2.45, 2.75) is 13.0 Å². The van der Waals surface area contributed by atoms with E-state index >= 15 is 0 Å². The van der Waals surface area contributed by atoms with Crippen molar-refractivity contribution in [1.82, 2.24) is 9.97 Å². The molecule has 0 unspecified atom stereocenters. The standard InChI is InChI=1S/C19H18N2O5/c1-10(18(23)25-2)17(22)11-6-4-8-13-15(11)20-14-9-5-7-12(16(14)21-13)19(24)26-3/h4-10,17,22H,1-3H3/t10-,17-/m1/s1. The summed E-state index contributed by atoms with van der Waals surface area (Å²) in [4.78, 5) is 32.8. The van der Waals surface area contributed by atoms with E-state index in [-0.39, 0.29) is 0 Å². The Morgan fingerprint density at radius 3 is 2.23 bits per heavy atom. The van der Waals surface area contributed by atoms with Gasteiger partial charge in [0.25, 0.3) is 0 Å². The molecule has 7 nitrogen and oxygen atoms in total. The fraction of sp³-hybridized carbons (Fsp3) is 0.263. The van der Waals surface area contributed by atoms with E-state index in [9.17, 15) is 14.7 Å². The number of aliphatic hydroxyl groups is 1. The highest BCUT2D eigenvalue weighted by molar-refractivity contribution is 6.03. The maximum Gasteiger partial charge on any atom is 0.340 e. The zero-order valence-corrected chi connectivity index (χ0v) is 14.6. The molecular weight excluding hydrogens is 336 g/mol. The number of carbonyl (C=O) groups excluding carboxylic acids is 2. The van der Waals surface area contributed by atoms with Crippen LogP contribution < -0.4 is 0 Å². The van der Waals surface area contributed by atoms with Crippen molar-refractivity contribution < 1.29 is 24.2 Å². The van der Waals surface area contributed by atoms with Gasteiger partial charge < -0.3 is 14.6 Å². The molecule has 0 aliphatic rings. The third kappa shape index (κ3) is 2.97. The second-order valence-corrected chi connectivity index (χ2v) is 5.86. The first kappa shape index (κ1) is 17.8. The van der Waals surface area contributed by atoms with E-state index in [2.05, 4.69) is 9.97 Å². The van der Waals surface area contributed by atoms with Crippen LogP contribution in [0.1, 0.15) is 28.9 Å². The highest BCUT2D eigenvalue weighted by Gasteiger charge is 2.26. The molecule has 0 aliphatic heterocycles. The first-order valence-electron chi connectivity index (χ1n) is 8.01. The van der Waals surface area contributed by atoms with Gasteiger partial charge in [0.05, 0.1) is 48.4 Å². The van der Waals surface area contributed by atoms with Crippen LogP contribution in [0.3, 0.4) is 0 Å². The molecule has 0 fully saturated rings. The average Bonchev–Trinajstić information content (AvgIpc) is 2.68. The van der Waals surface area contributed by atoms with E-state index in [1.54, 1.807) is 43.3 Å². The van der Waals surface area contributed by atoms with Crippen LogP contribution in [-0.2, 0) is 14.3 Å². The molecule has 0 aliphatic carbocycles. The molecule has 26 heavy (non-hydrogen) atoms. The van der Waals surface area contributed by atoms with Gasteiger partial charge in [0, 0.05) is 5.56 Å². The van der Waals surface area contributed by atoms with Gasteiger partial charge in [-0.2, -0.15) is 0 Å². The Bertz CT molecular complexity index is 1000. The van der Waals surface area contributed by atoms with Crippen LogP contribution in [0.5, 0.6) is 0 Å². The number of para-hydroxylation sites is 2. The lowest BCUT2D eigenvalue weighted by Gasteiger charge is -2.18. The number of carbonyl (C=O) groups is 2. The fourth-order valence-electron chi connectivity index (χ4n) is 2.84. The summed E-state index contributed by atoms with van der Waals surface area (Å²) in [5.74, 6) is -1.78. The number of esters is 2. The van der Waals surface area contributed by atoms with E-state index in [4.69, 9.17) is 9.47 Å². The summed E-state index contributed by atoms with van der Waals surface area (Å²) < 4.78 is 9.50. The fourth-order valence-corrected chi connectivity index (χ4v) is 2.84. The molecule has 2 aromatic carbocycles. The molecule has 2 atom stereocenters. The third-order valence-corrected chi connectivity index (χ3v) is 4.30. The minimum absolute atomic E-state index is 0.313. The Labute approximate surface area is 149 Å². The molecule has 7 heteroatoms. The van der Waals surface area contributed by atoms with Gasteiger partial charge in [-0.1, -0.05) is 18.2 Å². The predicted octanol–water partition coefficient (Wildman–Crippen LogP) is 2.41. The highest BCUT2D eigenvalue weighted by Crippen LogP contribution is 2.29. The molecule has 1 heterocycles. The molecule has 0 bridgehead atoms. The molecule has 3 aromatic rings. The van der Waals surface area contributed by atoms with Crippen molar-refractivity contribution in [2.24, 2.45) is 5.92 Å². The van der Waals surface area contributed by atoms with Crippen LogP contribution in [-0.4, -0.2) is 41.2 Å². The zero-order valence-electron chi connectivity index (χ0n) is 14.6. The van der Waals surface area contributed by atoms with Crippen molar-refractivity contribution in [3.63, 3.8) is 0 Å². The van der Waals surface area contributed by atoms with Crippen molar-refractivity contribution >= 4 is 34.0 Å². The summed E-state index contributed by atoms with van der Waals surface area (Å²) in [5.41, 5.74) is 2.66. The number of ether oxygens (including phenoxy) is 2. The summed E-state index contributed by atoms with van der Waals surface area (Å²) in [6.07, 6.45) is -1.10. The number of rotatable bonds is 4. The number of nitrogens with zero attached hydrogens (tertiary/aromatic N) is 2. The zero-order chi connectivity index (χ0) is 18.8. The maximum atomic E-state index is 12.0. The highest BCUT2D eigenvalue weighted by atomic mass is 16.5. The molecule has 0 saturated heterocycles. The lowest BCUT2D eigenvalue weighted by Crippen LogP contribution is -2.21. The molecule has 1 aromatic heterocycles. The predicted molar refractivity (Wildman–Crippen MR) is 94.5 cm³/mol. The third-order valence-electron chi connectivity index (χ3n) is 4.30. The van der Waals surface area contributed by atoms with Crippen LogP contribution >= 0.6 is 0 Å². The Morgan fingerprint density at radius 1 is 0.962 bits per heavy atom. The molecule has 0 radical (unpaired) electrons. The SMILES string of the molecule is COC(=O)c1cccc2nc3c([C@H](O)[C@@H](C)C(=O)OC)cccc3nc12. The van der Waals surface area contributed by atoms with Gasteiger partial charge in [0.2, 0.25) is 0 Å². The first-order valence-corrected chi connectivity index (χ1v) is 8.01. The Morgan fingerprint density at radius 2 is 1.58 bits per heavy atom. The molecule has 3 rings (SSSR count). The minimum Gasteiger partial charge on any atom is -0.469 e. The molecule has 134 valence electrons. The van der Waals surface area contributed by atoms with Crippen molar-refractivity contribution in [1.29, 1.82) is 0 Å². The van der Waals surface area contributed by atoms with Gasteiger partial charge >= 0.3 is 11.9 Å². The van der Waals surface area contributed by atoms with E-state index < -0.39 is 24.0 Å². The van der Waals surface area contributed by atoms with Gasteiger partial charge in [-0.3, -0.25) is 4.79 Å². The minimum atomic E-state index is -1.10. The Hall–Kier alpha value is -3.06. The maximum absolute atomic E-state index is 12.0. The number of fused-ring (bicyclic) bond motifs is 2. The van der Waals surface area contributed by atoms with Crippen LogP contribution in [0.15, 0.2) is 36.4 Å². The first-order chi connectivity index (χ1) is 12.5. The topological polar surface area (TPSA) is 98.6 Å². The monoisotopic (exact) mass is 354 g/mol. The largest absolute Gasteiger partial charge is 0.469 e. The second-order valence-electron chi connectivity index (χ2n) is 5.86. The lowest BCUT2D eigenvalue weighted by molar-refractivity contribution is -0.148. The van der Waals surface area contributed by atoms with Gasteiger partial charge in [0.15, 0.2) is 0 Å². The van der Waals surface area contributed by atoms with E-state index in [0.717, 1.165) is 0 Å². The summed E-state index contributed by atoms with van der Waals surface area (Å²) >= 11 is 0. The quantitative estimate of drug-likeness (QED) is 0.567. The number of benzene rings is 2. The molecule has 0 saturated carbocycles. The van der Waals surface area contributed by atoms with Crippen molar-refractivity contribution in [2.75, 3.05) is 14.2 Å². The van der Waals surface area contributed by atoms with Gasteiger partial charge in [-0.25, -0.2) is 14.8 Å². The summed E-state index contributed by atoms with van der Waals surface area (Å²) in [6, 6.07) is 10.2. The smallest absolute Gasteiger partial charge is 0.340 e. The molecular formula is C19H18N2O5. The number of aromatic nitrogens is 2. The van der Waals surface area contributed by atoms with Gasteiger partial charge in [-0.05, 0) is 25.1 Å². The molecule has 0 amide bonds. The summed E-state index contributed by atoms with van der Waals surface area (Å²) in [5, 5.41) is 10.6.